The number of halogens is 2. The number of hydrogen-bond donors (Lipinski definition) is 1. The second kappa shape index (κ2) is 6.23. The molecule has 0 aliphatic heterocycles. The number of aliphatic hydroxyl groups excluding tert-OH is 1. The molecule has 1 aromatic carbocycles. The van der Waals surface area contributed by atoms with Crippen molar-refractivity contribution >= 4 is 39.8 Å². The molecular formula is C15H15FINO3. The summed E-state index contributed by atoms with van der Waals surface area (Å²) in [7, 11) is 0. The highest BCUT2D eigenvalue weighted by Crippen LogP contribution is 2.25. The number of aldehydes is 1. The topological polar surface area (TPSA) is 59.3 Å². The number of carbonyl (C=O) groups is 1. The molecule has 0 saturated heterocycles. The van der Waals surface area contributed by atoms with Gasteiger partial charge in [0.2, 0.25) is 0 Å². The highest BCUT2D eigenvalue weighted by atomic mass is 127. The van der Waals surface area contributed by atoms with E-state index in [9.17, 15) is 19.1 Å². The molecule has 0 amide bonds. The highest BCUT2D eigenvalue weighted by Gasteiger charge is 2.19. The molecule has 0 radical (unpaired) electrons. The normalized spacial score (nSPS) is 12.9. The minimum absolute atomic E-state index is 0.00371. The van der Waals surface area contributed by atoms with Crippen LogP contribution in [0.15, 0.2) is 23.1 Å². The molecule has 1 aromatic heterocycles. The summed E-state index contributed by atoms with van der Waals surface area (Å²) in [6.45, 7) is 3.66. The standard InChI is InChI=1S/C15H15FINO3/c1-8(2)14(7-20)18-5-9(6-19)15(21)10-3-12(17)11(16)4-13(10)18/h3-6,8,14,20H,7H2,1-2H3/t14-/m0/s1. The van der Waals surface area contributed by atoms with Crippen LogP contribution in [-0.4, -0.2) is 22.6 Å². The molecule has 1 atom stereocenters. The van der Waals surface area contributed by atoms with Crippen LogP contribution in [0.25, 0.3) is 10.9 Å². The first-order chi connectivity index (χ1) is 9.90. The lowest BCUT2D eigenvalue weighted by Crippen LogP contribution is -2.23. The summed E-state index contributed by atoms with van der Waals surface area (Å²) in [5, 5.41) is 9.87. The Morgan fingerprint density at radius 3 is 2.62 bits per heavy atom. The number of carbonyl (C=O) groups excluding carboxylic acids is 1. The van der Waals surface area contributed by atoms with Crippen molar-refractivity contribution in [1.29, 1.82) is 0 Å². The lowest BCUT2D eigenvalue weighted by molar-refractivity contribution is 0.112. The van der Waals surface area contributed by atoms with Crippen molar-refractivity contribution in [3.05, 3.63) is 43.5 Å². The molecule has 1 heterocycles. The Hall–Kier alpha value is -1.28. The first-order valence-corrected chi connectivity index (χ1v) is 7.58. The number of nitrogens with zero attached hydrogens (tertiary/aromatic N) is 1. The van der Waals surface area contributed by atoms with Crippen molar-refractivity contribution in [2.24, 2.45) is 5.92 Å². The molecule has 0 fully saturated rings. The number of hydrogen-bond acceptors (Lipinski definition) is 3. The van der Waals surface area contributed by atoms with Crippen LogP contribution in [0.4, 0.5) is 4.39 Å². The van der Waals surface area contributed by atoms with Gasteiger partial charge in [0, 0.05) is 15.2 Å². The maximum absolute atomic E-state index is 13.9. The Morgan fingerprint density at radius 1 is 1.43 bits per heavy atom. The van der Waals surface area contributed by atoms with Crippen molar-refractivity contribution < 1.29 is 14.3 Å². The molecule has 0 unspecified atom stereocenters. The van der Waals surface area contributed by atoms with Crippen LogP contribution in [-0.2, 0) is 0 Å². The zero-order chi connectivity index (χ0) is 15.7. The Labute approximate surface area is 134 Å². The molecule has 0 aliphatic carbocycles. The Bertz CT molecular complexity index is 755. The molecule has 0 bridgehead atoms. The second-order valence-electron chi connectivity index (χ2n) is 5.22. The van der Waals surface area contributed by atoms with E-state index in [-0.39, 0.29) is 29.5 Å². The van der Waals surface area contributed by atoms with Crippen molar-refractivity contribution in [2.75, 3.05) is 6.61 Å². The lowest BCUT2D eigenvalue weighted by Gasteiger charge is -2.24. The number of pyridine rings is 1. The van der Waals surface area contributed by atoms with Crippen LogP contribution < -0.4 is 5.43 Å². The van der Waals surface area contributed by atoms with Gasteiger partial charge in [-0.2, -0.15) is 0 Å². The minimum Gasteiger partial charge on any atom is -0.394 e. The minimum atomic E-state index is -0.435. The first-order valence-electron chi connectivity index (χ1n) is 6.50. The van der Waals surface area contributed by atoms with E-state index in [0.29, 0.717) is 15.4 Å². The van der Waals surface area contributed by atoms with E-state index in [1.54, 1.807) is 27.2 Å². The molecule has 112 valence electrons. The zero-order valence-corrected chi connectivity index (χ0v) is 13.8. The summed E-state index contributed by atoms with van der Waals surface area (Å²) in [4.78, 5) is 23.3. The van der Waals surface area contributed by atoms with Crippen LogP contribution in [0.5, 0.6) is 0 Å². The van der Waals surface area contributed by atoms with Gasteiger partial charge in [-0.15, -0.1) is 0 Å². The average molecular weight is 403 g/mol. The smallest absolute Gasteiger partial charge is 0.199 e. The molecule has 0 saturated carbocycles. The van der Waals surface area contributed by atoms with Crippen molar-refractivity contribution in [3.63, 3.8) is 0 Å². The highest BCUT2D eigenvalue weighted by molar-refractivity contribution is 14.1. The van der Waals surface area contributed by atoms with Gasteiger partial charge in [0.25, 0.3) is 0 Å². The fourth-order valence-electron chi connectivity index (χ4n) is 2.34. The summed E-state index contributed by atoms with van der Waals surface area (Å²) in [5.41, 5.74) is -0.0325. The van der Waals surface area contributed by atoms with E-state index in [4.69, 9.17) is 0 Å². The molecule has 4 nitrogen and oxygen atoms in total. The third-order valence-corrected chi connectivity index (χ3v) is 4.37. The van der Waals surface area contributed by atoms with Gasteiger partial charge in [0.1, 0.15) is 5.82 Å². The van der Waals surface area contributed by atoms with Crippen LogP contribution in [0, 0.1) is 15.3 Å². The fourth-order valence-corrected chi connectivity index (χ4v) is 2.81. The van der Waals surface area contributed by atoms with Gasteiger partial charge in [0.15, 0.2) is 11.7 Å². The molecular weight excluding hydrogens is 388 g/mol. The molecule has 6 heteroatoms. The van der Waals surface area contributed by atoms with E-state index in [0.717, 1.165) is 0 Å². The van der Waals surface area contributed by atoms with Gasteiger partial charge in [-0.1, -0.05) is 13.8 Å². The van der Waals surface area contributed by atoms with Gasteiger partial charge in [-0.25, -0.2) is 4.39 Å². The summed E-state index contributed by atoms with van der Waals surface area (Å²) in [6, 6.07) is 2.37. The Balaban J connectivity index is 2.92. The van der Waals surface area contributed by atoms with E-state index in [1.165, 1.54) is 18.3 Å². The maximum Gasteiger partial charge on any atom is 0.199 e. The van der Waals surface area contributed by atoms with Crippen molar-refractivity contribution in [2.45, 2.75) is 19.9 Å². The number of aromatic nitrogens is 1. The second-order valence-corrected chi connectivity index (χ2v) is 6.38. The fraction of sp³-hybridized carbons (Fsp3) is 0.333. The number of aliphatic hydroxyl groups is 1. The summed E-state index contributed by atoms with van der Waals surface area (Å²) >= 11 is 1.80. The van der Waals surface area contributed by atoms with E-state index < -0.39 is 11.2 Å². The third kappa shape index (κ3) is 2.87. The van der Waals surface area contributed by atoms with E-state index in [1.807, 2.05) is 13.8 Å². The monoisotopic (exact) mass is 403 g/mol. The van der Waals surface area contributed by atoms with Crippen LogP contribution in [0.3, 0.4) is 0 Å². The summed E-state index contributed by atoms with van der Waals surface area (Å²) < 4.78 is 15.8. The first kappa shape index (κ1) is 16.1. The molecule has 2 aromatic rings. The Kier molecular flexibility index (Phi) is 4.77. The number of rotatable bonds is 4. The van der Waals surface area contributed by atoms with Gasteiger partial charge >= 0.3 is 0 Å². The zero-order valence-electron chi connectivity index (χ0n) is 11.6. The molecule has 1 N–H and O–H groups in total. The van der Waals surface area contributed by atoms with E-state index in [2.05, 4.69) is 0 Å². The van der Waals surface area contributed by atoms with Crippen LogP contribution in [0.1, 0.15) is 30.2 Å². The molecule has 0 spiro atoms. The molecule has 0 aliphatic rings. The van der Waals surface area contributed by atoms with Gasteiger partial charge in [-0.3, -0.25) is 9.59 Å². The predicted molar refractivity (Wildman–Crippen MR) is 87.2 cm³/mol. The van der Waals surface area contributed by atoms with Crippen molar-refractivity contribution in [3.8, 4) is 0 Å². The SMILES string of the molecule is CC(C)[C@H](CO)n1cc(C=O)c(=O)c2cc(I)c(F)cc21. The summed E-state index contributed by atoms with van der Waals surface area (Å²) in [5.74, 6) is -0.377. The maximum atomic E-state index is 13.9. The number of fused-ring (bicyclic) bond motifs is 1. The van der Waals surface area contributed by atoms with Crippen molar-refractivity contribution in [1.82, 2.24) is 4.57 Å². The largest absolute Gasteiger partial charge is 0.394 e. The predicted octanol–water partition coefficient (Wildman–Crippen LogP) is 2.75. The van der Waals surface area contributed by atoms with Crippen LogP contribution >= 0.6 is 22.6 Å². The van der Waals surface area contributed by atoms with E-state index >= 15 is 0 Å². The average Bonchev–Trinajstić information content (AvgIpc) is 2.44. The number of benzene rings is 1. The van der Waals surface area contributed by atoms with Crippen LogP contribution in [0.2, 0.25) is 0 Å². The van der Waals surface area contributed by atoms with Gasteiger partial charge in [-0.05, 0) is 40.6 Å². The molecule has 21 heavy (non-hydrogen) atoms. The van der Waals surface area contributed by atoms with Gasteiger partial charge in [0.05, 0.1) is 23.7 Å². The lowest BCUT2D eigenvalue weighted by atomic mass is 10.0. The third-order valence-electron chi connectivity index (χ3n) is 3.54. The summed E-state index contributed by atoms with van der Waals surface area (Å²) in [6.07, 6.45) is 1.88. The van der Waals surface area contributed by atoms with Gasteiger partial charge < -0.3 is 9.67 Å². The quantitative estimate of drug-likeness (QED) is 0.631. The Morgan fingerprint density at radius 2 is 2.10 bits per heavy atom. The molecule has 2 rings (SSSR count).